The lowest BCUT2D eigenvalue weighted by atomic mass is 9.61. The summed E-state index contributed by atoms with van der Waals surface area (Å²) in [6, 6.07) is 9.08. The van der Waals surface area contributed by atoms with Crippen molar-refractivity contribution in [3.63, 3.8) is 0 Å². The number of hydrogen-bond acceptors (Lipinski definition) is 4. The lowest BCUT2D eigenvalue weighted by Gasteiger charge is -2.50. The quantitative estimate of drug-likeness (QED) is 0.417. The molecule has 0 aromatic heterocycles. The van der Waals surface area contributed by atoms with Gasteiger partial charge in [0.05, 0.1) is 38.9 Å². The summed E-state index contributed by atoms with van der Waals surface area (Å²) < 4.78 is 55.1. The third kappa shape index (κ3) is 4.60. The largest absolute Gasteiger partial charge is 0.417 e. The van der Waals surface area contributed by atoms with Crippen LogP contribution in [0.5, 0.6) is 0 Å². The molecule has 188 valence electrons. The fourth-order valence-corrected chi connectivity index (χ4v) is 5.42. The van der Waals surface area contributed by atoms with Gasteiger partial charge in [0.15, 0.2) is 0 Å². The molecular weight excluding hydrogens is 494 g/mol. The van der Waals surface area contributed by atoms with E-state index in [-0.39, 0.29) is 28.1 Å². The second-order valence-corrected chi connectivity index (χ2v) is 9.70. The van der Waals surface area contributed by atoms with Crippen LogP contribution in [0, 0.1) is 28.5 Å². The van der Waals surface area contributed by atoms with E-state index in [0.29, 0.717) is 37.7 Å². The molecule has 1 atom stereocenters. The topological polar surface area (TPSA) is 73.2 Å². The predicted molar refractivity (Wildman–Crippen MR) is 129 cm³/mol. The number of hydrogen-bond donors (Lipinski definition) is 1. The van der Waals surface area contributed by atoms with Crippen LogP contribution in [-0.4, -0.2) is 23.9 Å². The standard InChI is InChI=1S/C26H23F4N3O2S/c1-32-22(34)19-8-4-15(11-21(19)27)3-5-16-13-25(9-2-10-25)24(35)33(23(16)36)18-7-6-17(14-31)20(12-18)26(28,29)30/h4,6-8,11-12,16H,2-3,5,9-10,13H2,1H3,(H,32,34). The van der Waals surface area contributed by atoms with Crippen molar-refractivity contribution in [2.45, 2.75) is 44.7 Å². The van der Waals surface area contributed by atoms with Crippen LogP contribution in [0.3, 0.4) is 0 Å². The van der Waals surface area contributed by atoms with Crippen LogP contribution in [0.4, 0.5) is 23.2 Å². The number of benzene rings is 2. The number of nitriles is 1. The lowest BCUT2D eigenvalue weighted by molar-refractivity contribution is -0.138. The number of alkyl halides is 3. The van der Waals surface area contributed by atoms with E-state index in [2.05, 4.69) is 5.32 Å². The van der Waals surface area contributed by atoms with E-state index in [1.54, 1.807) is 12.1 Å². The van der Waals surface area contributed by atoms with Crippen LogP contribution in [0.2, 0.25) is 0 Å². The van der Waals surface area contributed by atoms with E-state index < -0.39 is 34.4 Å². The third-order valence-electron chi connectivity index (χ3n) is 7.15. The molecule has 0 radical (unpaired) electrons. The number of carbonyl (C=O) groups excluding carboxylic acids is 2. The third-order valence-corrected chi connectivity index (χ3v) is 7.66. The Balaban J connectivity index is 1.62. The van der Waals surface area contributed by atoms with Crippen LogP contribution in [0.1, 0.15) is 59.2 Å². The molecule has 36 heavy (non-hydrogen) atoms. The molecule has 2 amide bonds. The van der Waals surface area contributed by atoms with Gasteiger partial charge in [-0.2, -0.15) is 18.4 Å². The number of piperidine rings is 1. The average Bonchev–Trinajstić information content (AvgIpc) is 2.81. The minimum atomic E-state index is -4.76. The minimum absolute atomic E-state index is 0.00623. The Morgan fingerprint density at radius 2 is 1.97 bits per heavy atom. The van der Waals surface area contributed by atoms with Crippen molar-refractivity contribution in [3.8, 4) is 6.07 Å². The summed E-state index contributed by atoms with van der Waals surface area (Å²) in [5.41, 5.74) is -1.76. The highest BCUT2D eigenvalue weighted by Gasteiger charge is 2.53. The molecule has 1 saturated carbocycles. The van der Waals surface area contributed by atoms with Gasteiger partial charge in [0, 0.05) is 13.0 Å². The van der Waals surface area contributed by atoms with Crippen molar-refractivity contribution >= 4 is 34.7 Å². The van der Waals surface area contributed by atoms with Crippen molar-refractivity contribution in [1.29, 1.82) is 5.26 Å². The molecule has 2 aliphatic rings. The van der Waals surface area contributed by atoms with E-state index in [9.17, 15) is 27.2 Å². The van der Waals surface area contributed by atoms with Gasteiger partial charge >= 0.3 is 6.18 Å². The van der Waals surface area contributed by atoms with Gasteiger partial charge in [-0.25, -0.2) is 4.39 Å². The fourth-order valence-electron chi connectivity index (χ4n) is 5.03. The fraction of sp³-hybridized carbons (Fsp3) is 0.385. The highest BCUT2D eigenvalue weighted by Crippen LogP contribution is 2.52. The first kappa shape index (κ1) is 25.8. The van der Waals surface area contributed by atoms with Crippen molar-refractivity contribution < 1.29 is 27.2 Å². The maximum absolute atomic E-state index is 14.4. The number of nitrogens with zero attached hydrogens (tertiary/aromatic N) is 2. The molecule has 0 bridgehead atoms. The number of nitrogens with one attached hydrogen (secondary N) is 1. The normalized spacial score (nSPS) is 19.1. The molecule has 1 saturated heterocycles. The lowest BCUT2D eigenvalue weighted by Crippen LogP contribution is -2.57. The Hall–Kier alpha value is -3.32. The Bertz CT molecular complexity index is 1280. The molecule has 2 aromatic rings. The minimum Gasteiger partial charge on any atom is -0.355 e. The van der Waals surface area contributed by atoms with Crippen LogP contribution < -0.4 is 10.2 Å². The van der Waals surface area contributed by atoms with E-state index >= 15 is 0 Å². The molecule has 2 fully saturated rings. The molecule has 1 unspecified atom stereocenters. The summed E-state index contributed by atoms with van der Waals surface area (Å²) >= 11 is 5.62. The molecule has 10 heteroatoms. The molecule has 1 spiro atoms. The average molecular weight is 518 g/mol. The SMILES string of the molecule is CNC(=O)c1ccc(CCC2CC3(CCC3)C(=O)N(c3ccc(C#N)c(C(F)(F)F)c3)C2=S)cc1F. The maximum atomic E-state index is 14.4. The van der Waals surface area contributed by atoms with Gasteiger partial charge in [-0.1, -0.05) is 24.7 Å². The van der Waals surface area contributed by atoms with Crippen LogP contribution in [0.15, 0.2) is 36.4 Å². The van der Waals surface area contributed by atoms with Crippen molar-refractivity contribution in [1.82, 2.24) is 5.32 Å². The van der Waals surface area contributed by atoms with Gasteiger partial charge in [-0.3, -0.25) is 14.5 Å². The first-order valence-electron chi connectivity index (χ1n) is 11.5. The molecule has 4 rings (SSSR count). The number of aryl methyl sites for hydroxylation is 1. The van der Waals surface area contributed by atoms with E-state index in [1.165, 1.54) is 30.1 Å². The second-order valence-electron chi connectivity index (χ2n) is 9.29. The molecule has 1 N–H and O–H groups in total. The number of anilines is 1. The highest BCUT2D eigenvalue weighted by molar-refractivity contribution is 7.80. The smallest absolute Gasteiger partial charge is 0.355 e. The van der Waals surface area contributed by atoms with Gasteiger partial charge in [-0.15, -0.1) is 0 Å². The Morgan fingerprint density at radius 1 is 1.25 bits per heavy atom. The van der Waals surface area contributed by atoms with E-state index in [4.69, 9.17) is 17.5 Å². The Labute approximate surface area is 211 Å². The monoisotopic (exact) mass is 517 g/mol. The number of halogens is 4. The number of rotatable bonds is 5. The zero-order chi connectivity index (χ0) is 26.3. The zero-order valence-corrected chi connectivity index (χ0v) is 20.2. The summed E-state index contributed by atoms with van der Waals surface area (Å²) in [7, 11) is 1.41. The van der Waals surface area contributed by atoms with Crippen LogP contribution >= 0.6 is 12.2 Å². The van der Waals surface area contributed by atoms with Gasteiger partial charge in [-0.05, 0) is 68.0 Å². The maximum Gasteiger partial charge on any atom is 0.417 e. The van der Waals surface area contributed by atoms with Gasteiger partial charge in [0.25, 0.3) is 5.91 Å². The molecular formula is C26H23F4N3O2S. The second kappa shape index (κ2) is 9.62. The molecule has 1 aliphatic heterocycles. The first-order valence-corrected chi connectivity index (χ1v) is 11.9. The number of thiocarbonyl (C=S) groups is 1. The molecule has 5 nitrogen and oxygen atoms in total. The predicted octanol–water partition coefficient (Wildman–Crippen LogP) is 5.56. The number of carbonyl (C=O) groups is 2. The van der Waals surface area contributed by atoms with Crippen LogP contribution in [-0.2, 0) is 17.4 Å². The Kier molecular flexibility index (Phi) is 6.88. The summed E-state index contributed by atoms with van der Waals surface area (Å²) in [6.45, 7) is 0. The summed E-state index contributed by atoms with van der Waals surface area (Å²) in [4.78, 5) is 26.6. The van der Waals surface area contributed by atoms with Gasteiger partial charge in [0.1, 0.15) is 5.82 Å². The summed E-state index contributed by atoms with van der Waals surface area (Å²) in [5, 5.41) is 11.5. The van der Waals surface area contributed by atoms with E-state index in [1.807, 2.05) is 0 Å². The first-order chi connectivity index (χ1) is 17.0. The van der Waals surface area contributed by atoms with Crippen molar-refractivity contribution in [2.75, 3.05) is 11.9 Å². The van der Waals surface area contributed by atoms with E-state index in [0.717, 1.165) is 18.6 Å². The van der Waals surface area contributed by atoms with Crippen molar-refractivity contribution in [2.24, 2.45) is 11.3 Å². The van der Waals surface area contributed by atoms with Gasteiger partial charge < -0.3 is 5.32 Å². The molecule has 1 heterocycles. The van der Waals surface area contributed by atoms with Crippen molar-refractivity contribution in [3.05, 3.63) is 64.5 Å². The zero-order valence-electron chi connectivity index (χ0n) is 19.4. The van der Waals surface area contributed by atoms with Gasteiger partial charge in [0.2, 0.25) is 5.91 Å². The molecule has 2 aromatic carbocycles. The highest BCUT2D eigenvalue weighted by atomic mass is 32.1. The summed E-state index contributed by atoms with van der Waals surface area (Å²) in [6.07, 6.45) is -1.31. The summed E-state index contributed by atoms with van der Waals surface area (Å²) in [5.74, 6) is -1.78. The number of amides is 2. The molecule has 1 aliphatic carbocycles. The Morgan fingerprint density at radius 3 is 2.53 bits per heavy atom. The van der Waals surface area contributed by atoms with Crippen LogP contribution in [0.25, 0.3) is 0 Å².